The number of hydrogen-bond acceptors (Lipinski definition) is 3. The Hall–Kier alpha value is -0.231. The van der Waals surface area contributed by atoms with Crippen LogP contribution in [0.4, 0.5) is 4.79 Å². The minimum atomic E-state index is -0.961. The molecule has 0 aromatic heterocycles. The average molecular weight is 514 g/mol. The number of aliphatic hydroxyl groups is 1. The third-order valence-electron chi connectivity index (χ3n) is 5.81. The van der Waals surface area contributed by atoms with Gasteiger partial charge in [0.1, 0.15) is 0 Å². The zero-order valence-corrected chi connectivity index (χ0v) is 22.9. The van der Waals surface area contributed by atoms with Gasteiger partial charge in [0.2, 0.25) is 0 Å². The molecule has 1 unspecified atom stereocenters. The molecule has 1 atom stereocenters. The monoisotopic (exact) mass is 515 g/mol. The minimum absolute atomic E-state index is 0.290. The standard InChI is InChI=1S/C13H27.C11H18NO3.Sn/c1-4-7-10-13(11-8-5-2)12-9-6-3;1-8-5-6-12(7-9(8)13)10(14)15-11(2,3)4;/h4-12H2,1-3H3;9,13H,6-7H2,1-4H3;. The quantitative estimate of drug-likeness (QED) is 0.329. The maximum atomic E-state index is 12.7. The van der Waals surface area contributed by atoms with Gasteiger partial charge in [0.25, 0.3) is 0 Å². The summed E-state index contributed by atoms with van der Waals surface area (Å²) in [6.07, 6.45) is 10.7. The van der Waals surface area contributed by atoms with Crippen molar-refractivity contribution in [1.29, 1.82) is 0 Å². The fourth-order valence-corrected chi connectivity index (χ4v) is 10.2. The Bertz CT molecular complexity index is 517. The fraction of sp³-hybridized carbons (Fsp3) is 0.875. The van der Waals surface area contributed by atoms with E-state index in [0.29, 0.717) is 16.5 Å². The Balaban J connectivity index is 3.08. The Labute approximate surface area is 190 Å². The van der Waals surface area contributed by atoms with Crippen molar-refractivity contribution in [3.8, 4) is 0 Å². The van der Waals surface area contributed by atoms with Gasteiger partial charge < -0.3 is 0 Å². The number of β-amino-alcohol motifs (C(OH)–C–C–N with tert-alkyl or cyclic N) is 1. The van der Waals surface area contributed by atoms with Crippen LogP contribution in [-0.2, 0) is 4.74 Å². The number of carbonyl (C=O) groups excluding carboxylic acids is 1. The molecule has 1 aliphatic rings. The van der Waals surface area contributed by atoms with Gasteiger partial charge in [-0.15, -0.1) is 0 Å². The van der Waals surface area contributed by atoms with Crippen molar-refractivity contribution >= 4 is 27.2 Å². The van der Waals surface area contributed by atoms with E-state index in [2.05, 4.69) is 27.7 Å². The summed E-state index contributed by atoms with van der Waals surface area (Å²) < 4.78 is 7.48. The van der Waals surface area contributed by atoms with E-state index in [1.165, 1.54) is 61.4 Å². The van der Waals surface area contributed by atoms with Gasteiger partial charge in [0.15, 0.2) is 0 Å². The van der Waals surface area contributed by atoms with Crippen molar-refractivity contribution in [2.75, 3.05) is 13.1 Å². The van der Waals surface area contributed by atoms with E-state index in [9.17, 15) is 9.90 Å². The molecule has 5 heteroatoms. The molecule has 1 amide bonds. The first-order valence-corrected chi connectivity index (χ1v) is 14.6. The number of rotatable bonds is 11. The molecular formula is C24H45NO3Sn. The second-order valence-electron chi connectivity index (χ2n) is 9.75. The van der Waals surface area contributed by atoms with Crippen LogP contribution in [0.3, 0.4) is 0 Å². The first-order valence-electron chi connectivity index (χ1n) is 11.7. The third kappa shape index (κ3) is 9.20. The Morgan fingerprint density at radius 3 is 1.97 bits per heavy atom. The molecule has 1 heterocycles. The van der Waals surface area contributed by atoms with Crippen molar-refractivity contribution in [2.45, 2.75) is 121 Å². The molecule has 168 valence electrons. The van der Waals surface area contributed by atoms with Crippen LogP contribution < -0.4 is 0 Å². The van der Waals surface area contributed by atoms with Gasteiger partial charge in [0, 0.05) is 0 Å². The molecule has 0 fully saturated rings. The van der Waals surface area contributed by atoms with Crippen LogP contribution in [0.1, 0.15) is 106 Å². The molecule has 1 N–H and O–H groups in total. The molecule has 0 bridgehead atoms. The van der Waals surface area contributed by atoms with E-state index < -0.39 is 32.8 Å². The van der Waals surface area contributed by atoms with Gasteiger partial charge in [0.05, 0.1) is 0 Å². The van der Waals surface area contributed by atoms with Crippen molar-refractivity contribution in [1.82, 2.24) is 4.90 Å². The van der Waals surface area contributed by atoms with E-state index >= 15 is 0 Å². The molecule has 4 nitrogen and oxygen atoms in total. The fourth-order valence-electron chi connectivity index (χ4n) is 3.96. The van der Waals surface area contributed by atoms with Crippen LogP contribution in [0.25, 0.3) is 0 Å². The number of aliphatic hydroxyl groups excluding tert-OH is 1. The van der Waals surface area contributed by atoms with Crippen molar-refractivity contribution in [3.63, 3.8) is 0 Å². The molecule has 0 aromatic carbocycles. The summed E-state index contributed by atoms with van der Waals surface area (Å²) in [7, 11) is 0. The van der Waals surface area contributed by atoms with Gasteiger partial charge in [-0.2, -0.15) is 0 Å². The van der Waals surface area contributed by atoms with Gasteiger partial charge in [-0.05, 0) is 0 Å². The normalized spacial score (nSPS) is 18.3. The zero-order chi connectivity index (χ0) is 22.1. The van der Waals surface area contributed by atoms with Crippen molar-refractivity contribution in [3.05, 3.63) is 9.16 Å². The molecular weight excluding hydrogens is 469 g/mol. The molecule has 2 radical (unpaired) electrons. The van der Waals surface area contributed by atoms with E-state index in [-0.39, 0.29) is 6.09 Å². The third-order valence-corrected chi connectivity index (χ3v) is 11.9. The number of carbonyl (C=O) groups is 1. The summed E-state index contributed by atoms with van der Waals surface area (Å²) in [6.45, 7) is 15.7. The van der Waals surface area contributed by atoms with E-state index in [1.807, 2.05) is 20.8 Å². The molecule has 0 saturated heterocycles. The molecule has 1 rings (SSSR count). The van der Waals surface area contributed by atoms with Crippen molar-refractivity contribution in [2.24, 2.45) is 0 Å². The van der Waals surface area contributed by atoms with Gasteiger partial charge in [-0.1, -0.05) is 0 Å². The van der Waals surface area contributed by atoms with Crippen LogP contribution in [0.5, 0.6) is 0 Å². The Morgan fingerprint density at radius 2 is 1.55 bits per heavy atom. The summed E-state index contributed by atoms with van der Waals surface area (Å²) >= 11 is -0.961. The summed E-state index contributed by atoms with van der Waals surface area (Å²) in [6, 6.07) is 0. The van der Waals surface area contributed by atoms with Crippen LogP contribution in [0, 0.1) is 0 Å². The van der Waals surface area contributed by atoms with E-state index in [1.54, 1.807) is 4.90 Å². The zero-order valence-electron chi connectivity index (χ0n) is 20.1. The summed E-state index contributed by atoms with van der Waals surface area (Å²) in [5, 5.41) is 10.7. The molecule has 0 spiro atoms. The van der Waals surface area contributed by atoms with Crippen LogP contribution >= 0.6 is 0 Å². The van der Waals surface area contributed by atoms with E-state index in [4.69, 9.17) is 4.74 Å². The summed E-state index contributed by atoms with van der Waals surface area (Å²) in [4.78, 5) is 14.4. The second kappa shape index (κ2) is 12.6. The summed E-state index contributed by atoms with van der Waals surface area (Å²) in [5.41, 5.74) is 0.635. The first-order chi connectivity index (χ1) is 13.6. The molecule has 0 saturated carbocycles. The SMILES string of the molecule is CCCC[C](CCCC)(CCCC)[Sn][C]1=C(C)C(O)CN(C(=O)OC(C)(C)C)C1. The van der Waals surface area contributed by atoms with Crippen LogP contribution in [0.2, 0.25) is 3.43 Å². The number of amides is 1. The maximum absolute atomic E-state index is 12.7. The van der Waals surface area contributed by atoms with E-state index in [0.717, 1.165) is 5.57 Å². The number of ether oxygens (including phenoxy) is 1. The Kier molecular flexibility index (Phi) is 11.6. The average Bonchev–Trinajstić information content (AvgIpc) is 2.64. The predicted octanol–water partition coefficient (Wildman–Crippen LogP) is 6.31. The van der Waals surface area contributed by atoms with Gasteiger partial charge >= 0.3 is 190 Å². The van der Waals surface area contributed by atoms with Crippen LogP contribution in [-0.4, -0.2) is 62.0 Å². The van der Waals surface area contributed by atoms with Gasteiger partial charge in [-0.25, -0.2) is 0 Å². The number of nitrogens with zero attached hydrogens (tertiary/aromatic N) is 1. The predicted molar refractivity (Wildman–Crippen MR) is 124 cm³/mol. The van der Waals surface area contributed by atoms with Crippen LogP contribution in [0.15, 0.2) is 9.16 Å². The first kappa shape index (κ1) is 26.8. The molecule has 1 aliphatic heterocycles. The van der Waals surface area contributed by atoms with Gasteiger partial charge in [-0.3, -0.25) is 0 Å². The molecule has 0 aliphatic carbocycles. The number of unbranched alkanes of at least 4 members (excludes halogenated alkanes) is 3. The molecule has 0 aromatic rings. The molecule has 29 heavy (non-hydrogen) atoms. The number of hydrogen-bond donors (Lipinski definition) is 1. The second-order valence-corrected chi connectivity index (χ2v) is 15.2. The summed E-state index contributed by atoms with van der Waals surface area (Å²) in [5.74, 6) is 0. The topological polar surface area (TPSA) is 49.8 Å². The van der Waals surface area contributed by atoms with Crippen molar-refractivity contribution < 1.29 is 14.6 Å². The Morgan fingerprint density at radius 1 is 1.07 bits per heavy atom.